The van der Waals surface area contributed by atoms with Gasteiger partial charge in [0.1, 0.15) is 7.85 Å². The zero-order chi connectivity index (χ0) is 14.1. The third kappa shape index (κ3) is 4.96. The fourth-order valence-corrected chi connectivity index (χ4v) is 1.74. The van der Waals surface area contributed by atoms with Crippen molar-refractivity contribution in [1.29, 1.82) is 0 Å². The maximum atomic E-state index is 12.2. The highest BCUT2D eigenvalue weighted by Crippen LogP contribution is 2.09. The molecule has 0 saturated heterocycles. The first-order valence-corrected chi connectivity index (χ1v) is 6.42. The number of hydrogen-bond donors (Lipinski definition) is 0. The van der Waals surface area contributed by atoms with Crippen molar-refractivity contribution in [1.82, 2.24) is 0 Å². The van der Waals surface area contributed by atoms with Gasteiger partial charge in [0.15, 0.2) is 5.78 Å². The minimum absolute atomic E-state index is 0.0255. The van der Waals surface area contributed by atoms with Gasteiger partial charge in [-0.05, 0) is 25.5 Å². The number of rotatable bonds is 5. The zero-order valence-electron chi connectivity index (χ0n) is 11.8. The van der Waals surface area contributed by atoms with Gasteiger partial charge in [0, 0.05) is 5.57 Å². The molecule has 0 N–H and O–H groups in total. The number of carbonyl (C=O) groups excluding carboxylic acids is 1. The largest absolute Gasteiger partial charge is 0.289 e. The van der Waals surface area contributed by atoms with Gasteiger partial charge in [-0.2, -0.15) is 0 Å². The first kappa shape index (κ1) is 15.0. The molecule has 0 spiro atoms. The lowest BCUT2D eigenvalue weighted by molar-refractivity contribution is -0.111. The molecule has 1 rings (SSSR count). The number of carbonyl (C=O) groups is 1. The molecule has 19 heavy (non-hydrogen) atoms. The second-order valence-corrected chi connectivity index (χ2v) is 4.20. The fraction of sp³-hybridized carbons (Fsp3) is 0.118. The van der Waals surface area contributed by atoms with Crippen molar-refractivity contribution in [3.05, 3.63) is 77.3 Å². The number of ketones is 1. The Labute approximate surface area is 116 Å². The molecule has 0 aliphatic rings. The summed E-state index contributed by atoms with van der Waals surface area (Å²) in [6.07, 6.45) is 11.1. The Balaban J connectivity index is 2.97. The Morgan fingerprint density at radius 2 is 1.63 bits per heavy atom. The molecule has 0 radical (unpaired) electrons. The molecule has 0 aromatic heterocycles. The lowest BCUT2D eigenvalue weighted by Gasteiger charge is -2.01. The van der Waals surface area contributed by atoms with E-state index in [1.165, 1.54) is 0 Å². The standard InChI is InChI=1S/C17H19BO/c1-3-8-15(16(18)9-4-2)17(19)13-12-14-10-6-5-7-11-14/h3-13H,18H2,1-2H3/b8-3-,9-4-,13-12+,16-15-. The predicted molar refractivity (Wildman–Crippen MR) is 85.7 cm³/mol. The summed E-state index contributed by atoms with van der Waals surface area (Å²) in [7, 11) is 1.95. The summed E-state index contributed by atoms with van der Waals surface area (Å²) in [5.41, 5.74) is 2.73. The molecule has 0 amide bonds. The highest BCUT2D eigenvalue weighted by atomic mass is 16.1. The van der Waals surface area contributed by atoms with E-state index in [4.69, 9.17) is 0 Å². The number of benzene rings is 1. The van der Waals surface area contributed by atoms with Crippen molar-refractivity contribution in [2.45, 2.75) is 13.8 Å². The van der Waals surface area contributed by atoms with Crippen molar-refractivity contribution in [3.63, 3.8) is 0 Å². The SMILES string of the molecule is BC(/C=C\C)=C(/C=C\C)C(=O)/C=C/c1ccccc1. The van der Waals surface area contributed by atoms with Crippen LogP contribution in [0, 0.1) is 0 Å². The van der Waals surface area contributed by atoms with Crippen LogP contribution in [0.25, 0.3) is 6.08 Å². The Bertz CT molecular complexity index is 534. The molecule has 0 heterocycles. The maximum Gasteiger partial charge on any atom is 0.185 e. The van der Waals surface area contributed by atoms with E-state index in [-0.39, 0.29) is 5.78 Å². The average molecular weight is 250 g/mol. The predicted octanol–water partition coefficient (Wildman–Crippen LogP) is 3.31. The number of hydrogen-bond acceptors (Lipinski definition) is 1. The van der Waals surface area contributed by atoms with E-state index in [0.29, 0.717) is 0 Å². The van der Waals surface area contributed by atoms with Crippen molar-refractivity contribution in [2.24, 2.45) is 0 Å². The van der Waals surface area contributed by atoms with Crippen LogP contribution in [-0.2, 0) is 4.79 Å². The van der Waals surface area contributed by atoms with Crippen molar-refractivity contribution < 1.29 is 4.79 Å². The normalized spacial score (nSPS) is 13.4. The highest BCUT2D eigenvalue weighted by molar-refractivity contribution is 6.28. The summed E-state index contributed by atoms with van der Waals surface area (Å²) in [6.45, 7) is 3.86. The van der Waals surface area contributed by atoms with Crippen LogP contribution in [0.2, 0.25) is 0 Å². The van der Waals surface area contributed by atoms with Gasteiger partial charge in [0.2, 0.25) is 0 Å². The van der Waals surface area contributed by atoms with E-state index < -0.39 is 0 Å². The van der Waals surface area contributed by atoms with Gasteiger partial charge in [-0.3, -0.25) is 4.79 Å². The van der Waals surface area contributed by atoms with E-state index in [0.717, 1.165) is 16.6 Å². The molecule has 0 bridgehead atoms. The van der Waals surface area contributed by atoms with Gasteiger partial charge in [-0.15, -0.1) is 0 Å². The van der Waals surface area contributed by atoms with Crippen LogP contribution in [0.5, 0.6) is 0 Å². The van der Waals surface area contributed by atoms with Crippen LogP contribution < -0.4 is 0 Å². The molecule has 0 fully saturated rings. The summed E-state index contributed by atoms with van der Waals surface area (Å²) in [5, 5.41) is 0. The van der Waals surface area contributed by atoms with Gasteiger partial charge in [0.25, 0.3) is 0 Å². The molecule has 0 saturated carbocycles. The molecule has 96 valence electrons. The molecule has 1 aromatic carbocycles. The molecular weight excluding hydrogens is 231 g/mol. The topological polar surface area (TPSA) is 17.1 Å². The zero-order valence-corrected chi connectivity index (χ0v) is 11.8. The first-order valence-electron chi connectivity index (χ1n) is 6.42. The third-order valence-electron chi connectivity index (χ3n) is 2.67. The van der Waals surface area contributed by atoms with Crippen LogP contribution in [-0.4, -0.2) is 13.6 Å². The lowest BCUT2D eigenvalue weighted by Crippen LogP contribution is -2.00. The molecule has 2 heteroatoms. The molecule has 0 atom stereocenters. The molecule has 1 aromatic rings. The van der Waals surface area contributed by atoms with Crippen LogP contribution in [0.1, 0.15) is 19.4 Å². The monoisotopic (exact) mass is 250 g/mol. The van der Waals surface area contributed by atoms with Crippen LogP contribution in [0.4, 0.5) is 0 Å². The highest BCUT2D eigenvalue weighted by Gasteiger charge is 2.04. The van der Waals surface area contributed by atoms with Crippen molar-refractivity contribution in [3.8, 4) is 0 Å². The number of allylic oxidation sites excluding steroid dienone is 7. The Hall–Kier alpha value is -2.09. The molecule has 0 aliphatic carbocycles. The Morgan fingerprint density at radius 3 is 2.21 bits per heavy atom. The Kier molecular flexibility index (Phi) is 6.38. The molecule has 0 unspecified atom stereocenters. The van der Waals surface area contributed by atoms with Crippen molar-refractivity contribution >= 4 is 19.7 Å². The summed E-state index contributed by atoms with van der Waals surface area (Å²) < 4.78 is 0. The van der Waals surface area contributed by atoms with E-state index >= 15 is 0 Å². The fourth-order valence-electron chi connectivity index (χ4n) is 1.74. The smallest absolute Gasteiger partial charge is 0.185 e. The third-order valence-corrected chi connectivity index (χ3v) is 2.67. The summed E-state index contributed by atoms with van der Waals surface area (Å²) in [4.78, 5) is 12.2. The van der Waals surface area contributed by atoms with E-state index in [1.54, 1.807) is 6.08 Å². The lowest BCUT2D eigenvalue weighted by atomic mass is 9.87. The second-order valence-electron chi connectivity index (χ2n) is 4.20. The van der Waals surface area contributed by atoms with Crippen molar-refractivity contribution in [2.75, 3.05) is 0 Å². The van der Waals surface area contributed by atoms with Gasteiger partial charge in [-0.1, -0.05) is 66.2 Å². The van der Waals surface area contributed by atoms with Gasteiger partial charge >= 0.3 is 0 Å². The van der Waals surface area contributed by atoms with Crippen LogP contribution >= 0.6 is 0 Å². The minimum atomic E-state index is 0.0255. The molecular formula is C17H19BO. The van der Waals surface area contributed by atoms with E-state index in [9.17, 15) is 4.79 Å². The van der Waals surface area contributed by atoms with Crippen LogP contribution in [0.15, 0.2) is 71.8 Å². The summed E-state index contributed by atoms with van der Waals surface area (Å²) >= 11 is 0. The van der Waals surface area contributed by atoms with Gasteiger partial charge in [0.05, 0.1) is 0 Å². The summed E-state index contributed by atoms with van der Waals surface area (Å²) in [6, 6.07) is 9.82. The van der Waals surface area contributed by atoms with E-state index in [2.05, 4.69) is 0 Å². The maximum absolute atomic E-state index is 12.2. The first-order chi connectivity index (χ1) is 9.19. The average Bonchev–Trinajstić information content (AvgIpc) is 2.43. The summed E-state index contributed by atoms with van der Waals surface area (Å²) in [5.74, 6) is 0.0255. The quantitative estimate of drug-likeness (QED) is 0.445. The Morgan fingerprint density at radius 1 is 1.00 bits per heavy atom. The minimum Gasteiger partial charge on any atom is -0.289 e. The van der Waals surface area contributed by atoms with Gasteiger partial charge < -0.3 is 0 Å². The second kappa shape index (κ2) is 8.09. The molecule has 0 aliphatic heterocycles. The van der Waals surface area contributed by atoms with Crippen LogP contribution in [0.3, 0.4) is 0 Å². The van der Waals surface area contributed by atoms with E-state index in [1.807, 2.05) is 82.4 Å². The van der Waals surface area contributed by atoms with Gasteiger partial charge in [-0.25, -0.2) is 0 Å². The molecule has 1 nitrogen and oxygen atoms in total.